The number of allylic oxidation sites excluding steroid dienone is 2. The molecule has 6 rings (SSSR count). The maximum atomic E-state index is 6.72. The Morgan fingerprint density at radius 3 is 2.26 bits per heavy atom. The van der Waals surface area contributed by atoms with Crippen LogP contribution < -0.4 is 0 Å². The summed E-state index contributed by atoms with van der Waals surface area (Å²) in [6.45, 7) is 19.4. The quantitative estimate of drug-likeness (QED) is 0.357. The van der Waals surface area contributed by atoms with Gasteiger partial charge in [-0.2, -0.15) is 0 Å². The van der Waals surface area contributed by atoms with Gasteiger partial charge in [-0.3, -0.25) is 0 Å². The summed E-state index contributed by atoms with van der Waals surface area (Å²) in [4.78, 5) is 0. The van der Waals surface area contributed by atoms with Crippen LogP contribution in [0.5, 0.6) is 0 Å². The second kappa shape index (κ2) is 6.03. The van der Waals surface area contributed by atoms with Gasteiger partial charge in [0.05, 0.1) is 12.7 Å². The monoisotopic (exact) mass is 424 g/mol. The predicted octanol–water partition coefficient (Wildman–Crippen LogP) is 8.04. The molecule has 31 heavy (non-hydrogen) atoms. The molecule has 5 aliphatic carbocycles. The van der Waals surface area contributed by atoms with Crippen molar-refractivity contribution in [3.8, 4) is 0 Å². The highest BCUT2D eigenvalue weighted by Gasteiger charge is 2.72. The molecule has 1 saturated heterocycles. The summed E-state index contributed by atoms with van der Waals surface area (Å²) in [7, 11) is 0. The first-order chi connectivity index (χ1) is 14.4. The highest BCUT2D eigenvalue weighted by Crippen LogP contribution is 2.77. The minimum absolute atomic E-state index is 0.364. The maximum absolute atomic E-state index is 6.72. The molecule has 1 nitrogen and oxygen atoms in total. The average molecular weight is 425 g/mol. The summed E-state index contributed by atoms with van der Waals surface area (Å²) < 4.78 is 6.72. The highest BCUT2D eigenvalue weighted by atomic mass is 16.5. The van der Waals surface area contributed by atoms with Crippen LogP contribution in [0.15, 0.2) is 12.2 Å². The Hall–Kier alpha value is -0.300. The van der Waals surface area contributed by atoms with Gasteiger partial charge in [-0.05, 0) is 114 Å². The molecule has 0 spiro atoms. The van der Waals surface area contributed by atoms with Crippen molar-refractivity contribution in [3.05, 3.63) is 12.2 Å². The summed E-state index contributed by atoms with van der Waals surface area (Å²) in [6.07, 6.45) is 18.4. The van der Waals surface area contributed by atoms with Gasteiger partial charge in [0.25, 0.3) is 0 Å². The first-order valence-corrected chi connectivity index (χ1v) is 13.7. The Morgan fingerprint density at radius 2 is 1.48 bits per heavy atom. The third-order valence-corrected chi connectivity index (χ3v) is 13.4. The molecular formula is C30H48O. The second-order valence-electron chi connectivity index (χ2n) is 15.2. The van der Waals surface area contributed by atoms with Crippen LogP contribution in [-0.2, 0) is 4.74 Å². The molecule has 174 valence electrons. The Morgan fingerprint density at radius 1 is 0.742 bits per heavy atom. The highest BCUT2D eigenvalue weighted by molar-refractivity contribution is 5.22. The summed E-state index contributed by atoms with van der Waals surface area (Å²) in [5.74, 6) is 3.43. The molecule has 0 aromatic heterocycles. The zero-order chi connectivity index (χ0) is 22.1. The zero-order valence-corrected chi connectivity index (χ0v) is 21.5. The van der Waals surface area contributed by atoms with Gasteiger partial charge in [-0.1, -0.05) is 60.6 Å². The molecule has 0 aromatic carbocycles. The lowest BCUT2D eigenvalue weighted by Crippen LogP contribution is -2.66. The van der Waals surface area contributed by atoms with Crippen molar-refractivity contribution in [1.29, 1.82) is 0 Å². The molecule has 1 heteroatoms. The topological polar surface area (TPSA) is 9.23 Å². The third kappa shape index (κ3) is 2.39. The molecular weight excluding hydrogens is 376 g/mol. The molecule has 9 atom stereocenters. The predicted molar refractivity (Wildman–Crippen MR) is 129 cm³/mol. The molecule has 0 amide bonds. The van der Waals surface area contributed by atoms with Gasteiger partial charge in [-0.15, -0.1) is 0 Å². The van der Waals surface area contributed by atoms with E-state index in [0.29, 0.717) is 38.6 Å². The smallest absolute Gasteiger partial charge is 0.0663 e. The van der Waals surface area contributed by atoms with Crippen molar-refractivity contribution in [2.45, 2.75) is 112 Å². The molecule has 6 aliphatic rings. The first kappa shape index (κ1) is 21.2. The van der Waals surface area contributed by atoms with Crippen molar-refractivity contribution < 1.29 is 4.74 Å². The lowest BCUT2D eigenvalue weighted by atomic mass is 9.32. The Balaban J connectivity index is 1.41. The summed E-state index contributed by atoms with van der Waals surface area (Å²) >= 11 is 0. The van der Waals surface area contributed by atoms with Gasteiger partial charge in [0.2, 0.25) is 0 Å². The summed E-state index contributed by atoms with van der Waals surface area (Å²) in [5.41, 5.74) is 2.71. The molecule has 0 aromatic rings. The lowest BCUT2D eigenvalue weighted by molar-refractivity contribution is -0.233. The first-order valence-electron chi connectivity index (χ1n) is 13.7. The van der Waals surface area contributed by atoms with E-state index < -0.39 is 0 Å². The second-order valence-corrected chi connectivity index (χ2v) is 15.2. The van der Waals surface area contributed by atoms with Crippen LogP contribution in [0.4, 0.5) is 0 Å². The van der Waals surface area contributed by atoms with Crippen molar-refractivity contribution >= 4 is 0 Å². The van der Waals surface area contributed by atoms with Gasteiger partial charge in [0.15, 0.2) is 0 Å². The van der Waals surface area contributed by atoms with Gasteiger partial charge in [0.1, 0.15) is 0 Å². The van der Waals surface area contributed by atoms with Crippen LogP contribution in [0.3, 0.4) is 0 Å². The maximum Gasteiger partial charge on any atom is 0.0663 e. The fourth-order valence-electron chi connectivity index (χ4n) is 11.6. The van der Waals surface area contributed by atoms with Crippen LogP contribution >= 0.6 is 0 Å². The van der Waals surface area contributed by atoms with Crippen molar-refractivity contribution in [2.75, 3.05) is 6.61 Å². The van der Waals surface area contributed by atoms with Gasteiger partial charge in [-0.25, -0.2) is 0 Å². The molecule has 0 radical (unpaired) electrons. The number of hydrogen-bond acceptors (Lipinski definition) is 1. The standard InChI is InChI=1S/C30H48O/c1-25(2)12-8-13-27(5)21(25)11-14-29(7)22(27)10-9-20-23-24-26(3,4)15-17-30(23,19-31-24)18-16-28(20,29)6/h8,12,20-24H,9-11,13-19H2,1-7H3/t20-,21+,22-,23+,24-,27+,28-,29-,30-/m1/s1. The fourth-order valence-corrected chi connectivity index (χ4v) is 11.6. The number of ether oxygens (including phenoxy) is 1. The zero-order valence-electron chi connectivity index (χ0n) is 21.5. The van der Waals surface area contributed by atoms with E-state index in [1.807, 2.05) is 0 Å². The van der Waals surface area contributed by atoms with E-state index in [0.717, 1.165) is 30.3 Å². The van der Waals surface area contributed by atoms with Crippen LogP contribution in [0.25, 0.3) is 0 Å². The molecule has 4 saturated carbocycles. The third-order valence-electron chi connectivity index (χ3n) is 13.4. The van der Waals surface area contributed by atoms with E-state index in [-0.39, 0.29) is 0 Å². The lowest BCUT2D eigenvalue weighted by Gasteiger charge is -2.72. The van der Waals surface area contributed by atoms with Gasteiger partial charge in [0, 0.05) is 0 Å². The van der Waals surface area contributed by atoms with Gasteiger partial charge < -0.3 is 4.74 Å². The molecule has 0 N–H and O–H groups in total. The van der Waals surface area contributed by atoms with E-state index in [9.17, 15) is 0 Å². The minimum atomic E-state index is 0.364. The molecule has 5 fully saturated rings. The molecule has 1 aliphatic heterocycles. The number of hydrogen-bond donors (Lipinski definition) is 0. The fraction of sp³-hybridized carbons (Fsp3) is 0.933. The van der Waals surface area contributed by atoms with Crippen LogP contribution in [0.1, 0.15) is 106 Å². The van der Waals surface area contributed by atoms with Crippen LogP contribution in [-0.4, -0.2) is 12.7 Å². The van der Waals surface area contributed by atoms with Gasteiger partial charge >= 0.3 is 0 Å². The summed E-state index contributed by atoms with van der Waals surface area (Å²) in [5, 5.41) is 0. The Kier molecular flexibility index (Phi) is 4.13. The van der Waals surface area contributed by atoms with Crippen molar-refractivity contribution in [1.82, 2.24) is 0 Å². The Bertz CT molecular complexity index is 807. The molecule has 2 bridgehead atoms. The van der Waals surface area contributed by atoms with E-state index in [4.69, 9.17) is 4.74 Å². The molecule has 1 heterocycles. The number of fused-ring (bicyclic) bond motifs is 5. The van der Waals surface area contributed by atoms with Crippen LogP contribution in [0, 0.1) is 56.2 Å². The normalized spacial score (nSPS) is 58.6. The van der Waals surface area contributed by atoms with Crippen molar-refractivity contribution in [2.24, 2.45) is 56.2 Å². The minimum Gasteiger partial charge on any atom is -0.377 e. The van der Waals surface area contributed by atoms with Crippen molar-refractivity contribution in [3.63, 3.8) is 0 Å². The summed E-state index contributed by atoms with van der Waals surface area (Å²) in [6, 6.07) is 0. The SMILES string of the molecule is CC1(C)C=CC[C@]2(C)[C@H]3CC[C@@H]4[C@H]5[C@H]6OC[C@@]5(CCC6(C)C)CC[C@@]4(C)[C@]3(C)CC[C@@H]12. The van der Waals surface area contributed by atoms with E-state index in [1.54, 1.807) is 0 Å². The van der Waals surface area contributed by atoms with E-state index in [1.165, 1.54) is 57.8 Å². The average Bonchev–Trinajstić information content (AvgIpc) is 3.01. The number of rotatable bonds is 0. The molecule has 0 unspecified atom stereocenters. The largest absolute Gasteiger partial charge is 0.377 e. The van der Waals surface area contributed by atoms with Crippen LogP contribution in [0.2, 0.25) is 0 Å². The Labute approximate surface area is 192 Å². The van der Waals surface area contributed by atoms with E-state index >= 15 is 0 Å². The van der Waals surface area contributed by atoms with E-state index in [2.05, 4.69) is 60.6 Å².